The maximum atomic E-state index is 11.1. The van der Waals surface area contributed by atoms with E-state index in [2.05, 4.69) is 0 Å². The topological polar surface area (TPSA) is 77.4 Å². The summed E-state index contributed by atoms with van der Waals surface area (Å²) in [4.78, 5) is 10.3. The average molecular weight is 169 g/mol. The second-order valence-electron chi connectivity index (χ2n) is 2.73. The summed E-state index contributed by atoms with van der Waals surface area (Å²) < 4.78 is 0. The highest BCUT2D eigenvalue weighted by Crippen LogP contribution is 2.22. The van der Waals surface area contributed by atoms with Gasteiger partial charge < -0.3 is 10.2 Å². The molecule has 0 spiro atoms. The van der Waals surface area contributed by atoms with Crippen molar-refractivity contribution in [2.45, 2.75) is 18.1 Å². The highest BCUT2D eigenvalue weighted by Gasteiger charge is 2.36. The van der Waals surface area contributed by atoms with Gasteiger partial charge in [0.15, 0.2) is 0 Å². The van der Waals surface area contributed by atoms with Crippen molar-refractivity contribution in [2.75, 3.05) is 0 Å². The Kier molecular flexibility index (Phi) is 2.30. The molecule has 0 aromatic heterocycles. The third-order valence-corrected chi connectivity index (χ3v) is 1.71. The Morgan fingerprint density at radius 2 is 2.17 bits per heavy atom. The van der Waals surface area contributed by atoms with E-state index in [0.29, 0.717) is 0 Å². The van der Waals surface area contributed by atoms with E-state index in [-0.39, 0.29) is 0 Å². The lowest BCUT2D eigenvalue weighted by atomic mass is 9.89. The third kappa shape index (κ3) is 1.72. The van der Waals surface area contributed by atoms with Crippen molar-refractivity contribution < 1.29 is 20.1 Å². The molecule has 12 heavy (non-hydrogen) atoms. The fraction of sp³-hybridized carbons (Fsp3) is 0.375. The lowest BCUT2D eigenvalue weighted by molar-refractivity contribution is -0.145. The van der Waals surface area contributed by atoms with E-state index in [0.717, 1.165) is 0 Å². The maximum Gasteiger partial charge on any atom is 0.306 e. The number of hydrogen-bond donors (Lipinski definition) is 2. The van der Waals surface area contributed by atoms with Crippen molar-refractivity contribution in [3.63, 3.8) is 0 Å². The predicted molar refractivity (Wildman–Crippen MR) is 40.0 cm³/mol. The van der Waals surface area contributed by atoms with Crippen molar-refractivity contribution in [3.05, 3.63) is 24.3 Å². The molecule has 0 aliphatic heterocycles. The van der Waals surface area contributed by atoms with Gasteiger partial charge in [-0.2, -0.15) is 0 Å². The van der Waals surface area contributed by atoms with Crippen molar-refractivity contribution in [3.8, 4) is 0 Å². The van der Waals surface area contributed by atoms with Crippen molar-refractivity contribution in [1.29, 1.82) is 0 Å². The smallest absolute Gasteiger partial charge is 0.306 e. The molecule has 2 atom stereocenters. The highest BCUT2D eigenvalue weighted by molar-refractivity contribution is 5.69. The summed E-state index contributed by atoms with van der Waals surface area (Å²) in [6, 6.07) is 0. The molecule has 1 aliphatic carbocycles. The first-order chi connectivity index (χ1) is 5.54. The lowest BCUT2D eigenvalue weighted by Crippen LogP contribution is -2.41. The van der Waals surface area contributed by atoms with Gasteiger partial charge in [-0.1, -0.05) is 12.2 Å². The quantitative estimate of drug-likeness (QED) is 0.616. The summed E-state index contributed by atoms with van der Waals surface area (Å²) in [6.45, 7) is 0. The molecule has 0 amide bonds. The van der Waals surface area contributed by atoms with Gasteiger partial charge in [0.05, 0.1) is 6.42 Å². The van der Waals surface area contributed by atoms with Gasteiger partial charge in [0.2, 0.25) is 0 Å². The van der Waals surface area contributed by atoms with Crippen molar-refractivity contribution in [2.24, 2.45) is 0 Å². The Morgan fingerprint density at radius 1 is 1.50 bits per heavy atom. The molecule has 1 rings (SSSR count). The number of aliphatic carboxylic acids is 1. The molecule has 0 aromatic rings. The minimum Gasteiger partial charge on any atom is -0.481 e. The van der Waals surface area contributed by atoms with Gasteiger partial charge in [0, 0.05) is 0 Å². The van der Waals surface area contributed by atoms with E-state index in [4.69, 9.17) is 5.11 Å². The second kappa shape index (κ2) is 3.08. The summed E-state index contributed by atoms with van der Waals surface area (Å²) >= 11 is 0. The Bertz CT molecular complexity index is 243. The Hall–Kier alpha value is -1.13. The molecule has 2 unspecified atom stereocenters. The molecule has 0 saturated heterocycles. The first-order valence-corrected chi connectivity index (χ1v) is 3.50. The second-order valence-corrected chi connectivity index (χ2v) is 2.73. The van der Waals surface area contributed by atoms with Crippen LogP contribution in [0.2, 0.25) is 0 Å². The van der Waals surface area contributed by atoms with Crippen LogP contribution in [-0.4, -0.2) is 27.9 Å². The molecule has 65 valence electrons. The predicted octanol–water partition coefficient (Wildman–Crippen LogP) is 0.117. The number of carboxylic acid groups (broad SMARTS) is 1. The van der Waals surface area contributed by atoms with E-state index >= 15 is 0 Å². The van der Waals surface area contributed by atoms with Gasteiger partial charge in [-0.15, -0.1) is 0 Å². The fourth-order valence-corrected chi connectivity index (χ4v) is 1.05. The molecule has 0 aromatic carbocycles. The number of aliphatic hydroxyl groups is 1. The first-order valence-electron chi connectivity index (χ1n) is 3.50. The van der Waals surface area contributed by atoms with Gasteiger partial charge in [0.25, 0.3) is 0 Å². The van der Waals surface area contributed by atoms with Crippen LogP contribution in [0.4, 0.5) is 0 Å². The summed E-state index contributed by atoms with van der Waals surface area (Å²) in [5.41, 5.74) is -1.76. The zero-order chi connectivity index (χ0) is 9.19. The molecule has 2 N–H and O–H groups in total. The van der Waals surface area contributed by atoms with Gasteiger partial charge in [-0.05, 0) is 12.2 Å². The number of rotatable bonds is 2. The van der Waals surface area contributed by atoms with Gasteiger partial charge in [0.1, 0.15) is 11.7 Å². The summed E-state index contributed by atoms with van der Waals surface area (Å²) in [6.07, 6.45) is 3.48. The first kappa shape index (κ1) is 8.96. The fourth-order valence-electron chi connectivity index (χ4n) is 1.05. The number of allylic oxidation sites excluding steroid dienone is 2. The Morgan fingerprint density at radius 3 is 2.67 bits per heavy atom. The normalized spacial score (nSPS) is 33.7. The van der Waals surface area contributed by atoms with Crippen LogP contribution >= 0.6 is 0 Å². The molecule has 0 fully saturated rings. The minimum atomic E-state index is -1.76. The van der Waals surface area contributed by atoms with Crippen LogP contribution in [0, 0.1) is 0 Å². The van der Waals surface area contributed by atoms with E-state index in [1.54, 1.807) is 0 Å². The minimum absolute atomic E-state index is 0.554. The Labute approximate surface area is 69.5 Å². The van der Waals surface area contributed by atoms with Gasteiger partial charge in [-0.25, -0.2) is 5.11 Å². The van der Waals surface area contributed by atoms with E-state index in [9.17, 15) is 15.0 Å². The molecule has 4 heteroatoms. The van der Waals surface area contributed by atoms with Crippen LogP contribution in [0.15, 0.2) is 24.3 Å². The molecule has 0 bridgehead atoms. The summed E-state index contributed by atoms with van der Waals surface area (Å²) in [7, 11) is 0. The molecular formula is C8H9O4. The van der Waals surface area contributed by atoms with Gasteiger partial charge >= 0.3 is 5.97 Å². The molecule has 4 nitrogen and oxygen atoms in total. The van der Waals surface area contributed by atoms with Crippen LogP contribution in [0.25, 0.3) is 0 Å². The lowest BCUT2D eigenvalue weighted by Gasteiger charge is -2.26. The molecule has 0 heterocycles. The zero-order valence-corrected chi connectivity index (χ0v) is 6.30. The molecule has 0 saturated carbocycles. The number of hydrogen-bond acceptors (Lipinski definition) is 2. The standard InChI is InChI=1S/C8H9O4/c9-6-3-1-2-4-8(6,12)5-7(10)11/h1-4,6,12H,5H2,(H,10,11). The monoisotopic (exact) mass is 169 g/mol. The average Bonchev–Trinajstić information content (AvgIpc) is 1.94. The van der Waals surface area contributed by atoms with Gasteiger partial charge in [-0.3, -0.25) is 4.79 Å². The third-order valence-electron chi connectivity index (χ3n) is 1.71. The molecular weight excluding hydrogens is 160 g/mol. The van der Waals surface area contributed by atoms with Crippen LogP contribution in [0.5, 0.6) is 0 Å². The van der Waals surface area contributed by atoms with E-state index in [1.807, 2.05) is 0 Å². The van der Waals surface area contributed by atoms with Crippen molar-refractivity contribution >= 4 is 5.97 Å². The van der Waals surface area contributed by atoms with E-state index in [1.165, 1.54) is 24.3 Å². The SMILES string of the molecule is [O]C1C=CC=CC1(O)CC(=O)O. The van der Waals surface area contributed by atoms with Crippen LogP contribution in [-0.2, 0) is 9.90 Å². The number of carbonyl (C=O) groups is 1. The maximum absolute atomic E-state index is 11.1. The summed E-state index contributed by atoms with van der Waals surface area (Å²) in [5, 5.41) is 29.0. The molecule has 1 radical (unpaired) electrons. The zero-order valence-electron chi connectivity index (χ0n) is 6.30. The molecule has 1 aliphatic rings. The van der Waals surface area contributed by atoms with Crippen LogP contribution < -0.4 is 0 Å². The van der Waals surface area contributed by atoms with E-state index < -0.39 is 24.1 Å². The Balaban J connectivity index is 2.76. The largest absolute Gasteiger partial charge is 0.481 e. The van der Waals surface area contributed by atoms with Crippen LogP contribution in [0.3, 0.4) is 0 Å². The van der Waals surface area contributed by atoms with Crippen LogP contribution in [0.1, 0.15) is 6.42 Å². The number of carboxylic acids is 1. The highest BCUT2D eigenvalue weighted by atomic mass is 16.4. The summed E-state index contributed by atoms with van der Waals surface area (Å²) in [5.74, 6) is -1.18. The van der Waals surface area contributed by atoms with Crippen molar-refractivity contribution in [1.82, 2.24) is 0 Å².